The number of amides is 1. The van der Waals surface area contributed by atoms with Gasteiger partial charge in [0.2, 0.25) is 5.91 Å². The molecule has 0 saturated carbocycles. The molecule has 142 valence electrons. The van der Waals surface area contributed by atoms with Crippen LogP contribution in [0.3, 0.4) is 0 Å². The van der Waals surface area contributed by atoms with Crippen LogP contribution in [0.4, 0.5) is 0 Å². The molecule has 2 aliphatic rings. The molecule has 2 rings (SSSR count). The minimum absolute atomic E-state index is 0.124. The third-order valence-corrected chi connectivity index (χ3v) is 8.36. The Hall–Kier alpha value is -0.443. The van der Waals surface area contributed by atoms with Gasteiger partial charge in [0, 0.05) is 5.25 Å². The fraction of sp³-hybridized carbons (Fsp3) is 0.765. The van der Waals surface area contributed by atoms with Gasteiger partial charge < -0.3 is 9.53 Å². The molecular weight excluding hydrogens is 374 g/mol. The summed E-state index contributed by atoms with van der Waals surface area (Å²) in [5.74, 6) is -1.48. The van der Waals surface area contributed by atoms with Crippen LogP contribution in [0.15, 0.2) is 9.93 Å². The Morgan fingerprint density at radius 1 is 1.32 bits per heavy atom. The van der Waals surface area contributed by atoms with Gasteiger partial charge >= 0.3 is 5.97 Å². The maximum absolute atomic E-state index is 13.0. The highest BCUT2D eigenvalue weighted by Crippen LogP contribution is 2.59. The molecule has 0 spiro atoms. The number of hydrogen-bond donors (Lipinski definition) is 1. The Morgan fingerprint density at radius 3 is 2.28 bits per heavy atom. The summed E-state index contributed by atoms with van der Waals surface area (Å²) >= 11 is 3.03. The van der Waals surface area contributed by atoms with Gasteiger partial charge in [-0.2, -0.15) is 0 Å². The van der Waals surface area contributed by atoms with Crippen LogP contribution in [0.25, 0.3) is 0 Å². The molecule has 0 bridgehead atoms. The fourth-order valence-corrected chi connectivity index (χ4v) is 7.93. The summed E-state index contributed by atoms with van der Waals surface area (Å²) in [4.78, 5) is 26.2. The largest absolute Gasteiger partial charge is 0.477 e. The molecule has 0 aromatic rings. The van der Waals surface area contributed by atoms with E-state index in [0.717, 1.165) is 4.24 Å². The predicted molar refractivity (Wildman–Crippen MR) is 107 cm³/mol. The van der Waals surface area contributed by atoms with Crippen molar-refractivity contribution in [3.8, 4) is 0 Å². The highest BCUT2D eigenvalue weighted by Gasteiger charge is 2.65. The van der Waals surface area contributed by atoms with Crippen LogP contribution < -0.4 is 0 Å². The van der Waals surface area contributed by atoms with Gasteiger partial charge in [0.05, 0.1) is 15.8 Å². The lowest BCUT2D eigenvalue weighted by Gasteiger charge is -2.56. The van der Waals surface area contributed by atoms with Gasteiger partial charge in [0.25, 0.3) is 0 Å². The van der Waals surface area contributed by atoms with Gasteiger partial charge in [-0.15, -0.1) is 11.8 Å². The molecule has 2 heterocycles. The summed E-state index contributed by atoms with van der Waals surface area (Å²) < 4.78 is 7.14. The first-order chi connectivity index (χ1) is 11.3. The van der Waals surface area contributed by atoms with Crippen molar-refractivity contribution < 1.29 is 19.1 Å². The molecule has 1 N–H and O–H groups in total. The van der Waals surface area contributed by atoms with E-state index in [0.29, 0.717) is 0 Å². The molecule has 0 aliphatic carbocycles. The Balaban J connectivity index is 2.38. The third kappa shape index (κ3) is 3.55. The van der Waals surface area contributed by atoms with Gasteiger partial charge in [-0.25, -0.2) is 4.79 Å². The molecule has 0 unspecified atom stereocenters. The van der Waals surface area contributed by atoms with Crippen molar-refractivity contribution in [1.29, 1.82) is 0 Å². The predicted octanol–water partition coefficient (Wildman–Crippen LogP) is 3.72. The average molecular weight is 404 g/mol. The van der Waals surface area contributed by atoms with E-state index in [1.807, 2.05) is 20.8 Å². The summed E-state index contributed by atoms with van der Waals surface area (Å²) in [6, 6.07) is 0. The van der Waals surface area contributed by atoms with Crippen LogP contribution in [-0.2, 0) is 14.0 Å². The fourth-order valence-electron chi connectivity index (χ4n) is 3.29. The summed E-state index contributed by atoms with van der Waals surface area (Å²) in [6.45, 7) is 16.6. The van der Waals surface area contributed by atoms with Gasteiger partial charge in [-0.05, 0) is 25.4 Å². The van der Waals surface area contributed by atoms with E-state index in [1.165, 1.54) is 28.4 Å². The monoisotopic (exact) mass is 403 g/mol. The molecule has 1 saturated heterocycles. The van der Waals surface area contributed by atoms with Gasteiger partial charge in [-0.3, -0.25) is 9.69 Å². The average Bonchev–Trinajstić information content (AvgIpc) is 2.70. The number of rotatable bonds is 6. The van der Waals surface area contributed by atoms with E-state index >= 15 is 0 Å². The zero-order valence-electron chi connectivity index (χ0n) is 16.2. The normalized spacial score (nSPS) is 26.2. The number of nitrogens with zero attached hydrogens (tertiary/aromatic N) is 1. The van der Waals surface area contributed by atoms with Crippen LogP contribution in [0.5, 0.6) is 0 Å². The molecule has 1 amide bonds. The lowest BCUT2D eigenvalue weighted by atomic mass is 9.66. The van der Waals surface area contributed by atoms with Crippen LogP contribution in [0, 0.1) is 11.3 Å². The smallest absolute Gasteiger partial charge is 0.354 e. The quantitative estimate of drug-likeness (QED) is 0.538. The Kier molecular flexibility index (Phi) is 5.79. The summed E-state index contributed by atoms with van der Waals surface area (Å²) in [5.41, 5.74) is -0.692. The van der Waals surface area contributed by atoms with Crippen LogP contribution >= 0.6 is 23.5 Å². The first kappa shape index (κ1) is 20.9. The number of β-lactam (4-membered cyclic amide) rings is 1. The van der Waals surface area contributed by atoms with Crippen LogP contribution in [-0.4, -0.2) is 47.1 Å². The van der Waals surface area contributed by atoms with Crippen LogP contribution in [0.1, 0.15) is 41.5 Å². The number of fused-ring (bicyclic) bond motifs is 1. The highest BCUT2D eigenvalue weighted by atomic mass is 32.2. The number of carbonyl (C=O) groups is 2. The molecule has 2 aliphatic heterocycles. The van der Waals surface area contributed by atoms with Crippen molar-refractivity contribution in [3.63, 3.8) is 0 Å². The van der Waals surface area contributed by atoms with Crippen molar-refractivity contribution in [2.75, 3.05) is 0 Å². The molecule has 0 aromatic carbocycles. The van der Waals surface area contributed by atoms with E-state index < -0.39 is 20.6 Å². The maximum Gasteiger partial charge on any atom is 0.354 e. The number of carboxylic acid groups (broad SMARTS) is 1. The van der Waals surface area contributed by atoms with Gasteiger partial charge in [-0.1, -0.05) is 46.4 Å². The van der Waals surface area contributed by atoms with E-state index in [9.17, 15) is 14.7 Å². The number of thioether (sulfide) groups is 2. The maximum atomic E-state index is 13.0. The number of carbonyl (C=O) groups excluding carboxylic acids is 1. The molecule has 25 heavy (non-hydrogen) atoms. The number of hydrogen-bond acceptors (Lipinski definition) is 5. The number of carboxylic acids is 1. The van der Waals surface area contributed by atoms with E-state index in [4.69, 9.17) is 4.43 Å². The second kappa shape index (κ2) is 6.94. The van der Waals surface area contributed by atoms with Crippen molar-refractivity contribution >= 4 is 44.4 Å². The molecule has 1 fully saturated rings. The zero-order valence-corrected chi connectivity index (χ0v) is 19.0. The van der Waals surface area contributed by atoms with E-state index in [1.54, 1.807) is 0 Å². The molecule has 3 atom stereocenters. The standard InChI is InChI=1S/C17H29NO4S2Si/c1-9(2)23-15-11(14(20)21)18-12(19)10(13(18)24-15)17(6,16(3,4)5)22-25(7)8/h9-10,13,25H,1-8H3,(H,20,21)/t10-,13-,17+/m1/s1. The summed E-state index contributed by atoms with van der Waals surface area (Å²) in [6.07, 6.45) is 0. The number of aliphatic carboxylic acids is 1. The first-order valence-corrected chi connectivity index (χ1v) is 13.2. The highest BCUT2D eigenvalue weighted by molar-refractivity contribution is 8.23. The molecule has 0 aromatic heterocycles. The van der Waals surface area contributed by atoms with E-state index in [2.05, 4.69) is 33.9 Å². The molecule has 8 heteroatoms. The third-order valence-electron chi connectivity index (χ3n) is 4.81. The lowest BCUT2D eigenvalue weighted by Crippen LogP contribution is -2.69. The second-order valence-corrected chi connectivity index (χ2v) is 13.6. The lowest BCUT2D eigenvalue weighted by molar-refractivity contribution is -0.173. The van der Waals surface area contributed by atoms with Gasteiger partial charge in [0.1, 0.15) is 5.37 Å². The van der Waals surface area contributed by atoms with Crippen LogP contribution in [0.2, 0.25) is 13.1 Å². The summed E-state index contributed by atoms with van der Waals surface area (Å²) in [5, 5.41) is 9.71. The van der Waals surface area contributed by atoms with Crippen molar-refractivity contribution in [2.45, 2.75) is 70.9 Å². The Labute approximate surface area is 160 Å². The van der Waals surface area contributed by atoms with Crippen molar-refractivity contribution in [1.82, 2.24) is 4.90 Å². The van der Waals surface area contributed by atoms with E-state index in [-0.39, 0.29) is 33.6 Å². The minimum atomic E-state index is -1.39. The van der Waals surface area contributed by atoms with Crippen molar-refractivity contribution in [2.24, 2.45) is 11.3 Å². The second-order valence-electron chi connectivity index (χ2n) is 8.33. The SMILES string of the molecule is CC(C)SC1=C(C(=O)O)N2C(=O)[C@@H]([C@](C)(O[SiH](C)C)C(C)(C)C)[C@H]2S1. The van der Waals surface area contributed by atoms with Gasteiger partial charge in [0.15, 0.2) is 14.7 Å². The zero-order chi connectivity index (χ0) is 19.3. The summed E-state index contributed by atoms with van der Waals surface area (Å²) in [7, 11) is -1.39. The minimum Gasteiger partial charge on any atom is -0.477 e. The first-order valence-electron chi connectivity index (χ1n) is 8.63. The topological polar surface area (TPSA) is 66.8 Å². The van der Waals surface area contributed by atoms with Crippen molar-refractivity contribution in [3.05, 3.63) is 9.93 Å². The molecule has 5 nitrogen and oxygen atoms in total. The molecule has 0 radical (unpaired) electrons. The Morgan fingerprint density at radius 2 is 1.88 bits per heavy atom. The molecular formula is C17H29NO4S2Si. The Bertz CT molecular complexity index is 614.